The highest BCUT2D eigenvalue weighted by Gasteiger charge is 2.22. The van der Waals surface area contributed by atoms with Crippen molar-refractivity contribution in [2.24, 2.45) is 16.8 Å². The predicted octanol–water partition coefficient (Wildman–Crippen LogP) is 1.68. The van der Waals surface area contributed by atoms with Crippen molar-refractivity contribution in [1.29, 1.82) is 0 Å². The molecule has 110 valence electrons. The lowest BCUT2D eigenvalue weighted by Gasteiger charge is -2.32. The summed E-state index contributed by atoms with van der Waals surface area (Å²) in [6, 6.07) is 0. The third-order valence-electron chi connectivity index (χ3n) is 4.28. The molecule has 19 heavy (non-hydrogen) atoms. The van der Waals surface area contributed by atoms with E-state index in [0.717, 1.165) is 30.9 Å². The minimum absolute atomic E-state index is 0.813. The summed E-state index contributed by atoms with van der Waals surface area (Å²) in [6.45, 7) is 8.25. The van der Waals surface area contributed by atoms with Crippen LogP contribution in [0.15, 0.2) is 4.99 Å². The molecule has 2 fully saturated rings. The van der Waals surface area contributed by atoms with Crippen LogP contribution in [-0.4, -0.2) is 50.6 Å². The maximum absolute atomic E-state index is 4.30. The van der Waals surface area contributed by atoms with Crippen LogP contribution in [0.2, 0.25) is 0 Å². The molecule has 0 bridgehead atoms. The Morgan fingerprint density at radius 1 is 1.05 bits per heavy atom. The summed E-state index contributed by atoms with van der Waals surface area (Å²) >= 11 is 0. The van der Waals surface area contributed by atoms with Gasteiger partial charge in [-0.2, -0.15) is 0 Å². The van der Waals surface area contributed by atoms with Crippen molar-refractivity contribution in [1.82, 2.24) is 15.5 Å². The second-order valence-corrected chi connectivity index (χ2v) is 6.06. The molecule has 0 aromatic carbocycles. The Hall–Kier alpha value is -0.770. The van der Waals surface area contributed by atoms with Crippen molar-refractivity contribution in [3.8, 4) is 0 Å². The summed E-state index contributed by atoms with van der Waals surface area (Å²) in [6.07, 6.45) is 6.71. The molecule has 0 atom stereocenters. The van der Waals surface area contributed by atoms with E-state index in [9.17, 15) is 0 Å². The quantitative estimate of drug-likeness (QED) is 0.568. The highest BCUT2D eigenvalue weighted by Crippen LogP contribution is 2.27. The summed E-state index contributed by atoms with van der Waals surface area (Å²) in [5, 5.41) is 6.92. The topological polar surface area (TPSA) is 39.7 Å². The van der Waals surface area contributed by atoms with Crippen LogP contribution in [0.25, 0.3) is 0 Å². The number of likely N-dealkylation sites (tertiary alicyclic amines) is 1. The Balaban J connectivity index is 1.59. The number of hydrogen-bond donors (Lipinski definition) is 2. The molecular weight excluding hydrogens is 236 g/mol. The summed E-state index contributed by atoms with van der Waals surface area (Å²) < 4.78 is 0. The molecule has 2 aliphatic rings. The second-order valence-electron chi connectivity index (χ2n) is 6.06. The average Bonchev–Trinajstić information content (AvgIpc) is 3.25. The van der Waals surface area contributed by atoms with Gasteiger partial charge in [0.2, 0.25) is 0 Å². The van der Waals surface area contributed by atoms with Crippen molar-refractivity contribution in [3.05, 3.63) is 0 Å². The Kier molecular flexibility index (Phi) is 5.95. The van der Waals surface area contributed by atoms with E-state index in [1.54, 1.807) is 0 Å². The van der Waals surface area contributed by atoms with Gasteiger partial charge in [-0.3, -0.25) is 4.99 Å². The summed E-state index contributed by atoms with van der Waals surface area (Å²) in [5.41, 5.74) is 0. The molecule has 0 aromatic rings. The fraction of sp³-hybridized carbons (Fsp3) is 0.933. The molecule has 4 heteroatoms. The fourth-order valence-electron chi connectivity index (χ4n) is 2.76. The van der Waals surface area contributed by atoms with Gasteiger partial charge in [0.25, 0.3) is 0 Å². The molecule has 0 spiro atoms. The summed E-state index contributed by atoms with van der Waals surface area (Å²) in [5.74, 6) is 2.70. The molecule has 1 aliphatic heterocycles. The standard InChI is InChI=1S/C15H30N4/c1-3-8-19-9-6-14(7-10-19)12-18-15(16-2)17-11-13-4-5-13/h13-14H,3-12H2,1-2H3,(H2,16,17,18). The van der Waals surface area contributed by atoms with Gasteiger partial charge in [-0.05, 0) is 63.6 Å². The summed E-state index contributed by atoms with van der Waals surface area (Å²) in [4.78, 5) is 6.89. The van der Waals surface area contributed by atoms with Crippen molar-refractivity contribution in [3.63, 3.8) is 0 Å². The van der Waals surface area contributed by atoms with Crippen LogP contribution >= 0.6 is 0 Å². The highest BCUT2D eigenvalue weighted by molar-refractivity contribution is 5.79. The number of nitrogens with zero attached hydrogens (tertiary/aromatic N) is 2. The van der Waals surface area contributed by atoms with E-state index < -0.39 is 0 Å². The Labute approximate surface area is 118 Å². The highest BCUT2D eigenvalue weighted by atomic mass is 15.2. The zero-order valence-electron chi connectivity index (χ0n) is 12.6. The van der Waals surface area contributed by atoms with Crippen molar-refractivity contribution in [2.45, 2.75) is 39.0 Å². The monoisotopic (exact) mass is 266 g/mol. The van der Waals surface area contributed by atoms with E-state index in [-0.39, 0.29) is 0 Å². The van der Waals surface area contributed by atoms with E-state index in [2.05, 4.69) is 27.4 Å². The smallest absolute Gasteiger partial charge is 0.190 e. The molecule has 2 N–H and O–H groups in total. The predicted molar refractivity (Wildman–Crippen MR) is 81.5 cm³/mol. The van der Waals surface area contributed by atoms with Gasteiger partial charge in [0.1, 0.15) is 0 Å². The molecule has 1 saturated heterocycles. The average molecular weight is 266 g/mol. The van der Waals surface area contributed by atoms with E-state index in [1.807, 2.05) is 7.05 Å². The minimum Gasteiger partial charge on any atom is -0.356 e. The Morgan fingerprint density at radius 2 is 1.63 bits per heavy atom. The Morgan fingerprint density at radius 3 is 2.11 bits per heavy atom. The molecular formula is C15H30N4. The minimum atomic E-state index is 0.813. The van der Waals surface area contributed by atoms with E-state index in [1.165, 1.54) is 51.7 Å². The fourth-order valence-corrected chi connectivity index (χ4v) is 2.76. The van der Waals surface area contributed by atoms with Crippen LogP contribution in [0.5, 0.6) is 0 Å². The zero-order chi connectivity index (χ0) is 13.5. The van der Waals surface area contributed by atoms with Gasteiger partial charge in [-0.1, -0.05) is 6.92 Å². The first-order valence-electron chi connectivity index (χ1n) is 7.98. The van der Waals surface area contributed by atoms with Gasteiger partial charge < -0.3 is 15.5 Å². The van der Waals surface area contributed by atoms with Gasteiger partial charge in [0.05, 0.1) is 0 Å². The van der Waals surface area contributed by atoms with Crippen LogP contribution in [0.1, 0.15) is 39.0 Å². The van der Waals surface area contributed by atoms with Gasteiger partial charge >= 0.3 is 0 Å². The Bertz CT molecular complexity index is 278. The van der Waals surface area contributed by atoms with Crippen LogP contribution in [-0.2, 0) is 0 Å². The van der Waals surface area contributed by atoms with Gasteiger partial charge in [0, 0.05) is 20.1 Å². The molecule has 0 amide bonds. The van der Waals surface area contributed by atoms with Gasteiger partial charge in [0.15, 0.2) is 5.96 Å². The van der Waals surface area contributed by atoms with Gasteiger partial charge in [-0.25, -0.2) is 0 Å². The lowest BCUT2D eigenvalue weighted by Crippen LogP contribution is -2.43. The van der Waals surface area contributed by atoms with Crippen LogP contribution in [0.3, 0.4) is 0 Å². The lowest BCUT2D eigenvalue weighted by molar-refractivity contribution is 0.185. The van der Waals surface area contributed by atoms with E-state index in [0.29, 0.717) is 0 Å². The number of nitrogens with one attached hydrogen (secondary N) is 2. The number of hydrogen-bond acceptors (Lipinski definition) is 2. The number of piperidine rings is 1. The van der Waals surface area contributed by atoms with Crippen LogP contribution in [0, 0.1) is 11.8 Å². The maximum atomic E-state index is 4.30. The lowest BCUT2D eigenvalue weighted by atomic mass is 9.97. The molecule has 1 saturated carbocycles. The van der Waals surface area contributed by atoms with E-state index in [4.69, 9.17) is 0 Å². The summed E-state index contributed by atoms with van der Waals surface area (Å²) in [7, 11) is 1.87. The molecule has 1 aliphatic carbocycles. The third-order valence-corrected chi connectivity index (χ3v) is 4.28. The largest absolute Gasteiger partial charge is 0.356 e. The molecule has 1 heterocycles. The zero-order valence-corrected chi connectivity index (χ0v) is 12.6. The normalized spacial score (nSPS) is 22.5. The van der Waals surface area contributed by atoms with Crippen molar-refractivity contribution in [2.75, 3.05) is 39.8 Å². The molecule has 0 radical (unpaired) electrons. The number of rotatable bonds is 6. The van der Waals surface area contributed by atoms with Crippen LogP contribution < -0.4 is 10.6 Å². The second kappa shape index (κ2) is 7.73. The first kappa shape index (κ1) is 14.6. The first-order chi connectivity index (χ1) is 9.31. The third kappa shape index (κ3) is 5.39. The van der Waals surface area contributed by atoms with E-state index >= 15 is 0 Å². The molecule has 0 aromatic heterocycles. The van der Waals surface area contributed by atoms with Crippen LogP contribution in [0.4, 0.5) is 0 Å². The van der Waals surface area contributed by atoms with Crippen molar-refractivity contribution >= 4 is 5.96 Å². The molecule has 0 unspecified atom stereocenters. The van der Waals surface area contributed by atoms with Crippen molar-refractivity contribution < 1.29 is 0 Å². The van der Waals surface area contributed by atoms with Gasteiger partial charge in [-0.15, -0.1) is 0 Å². The SMILES string of the molecule is CCCN1CCC(CNC(=NC)NCC2CC2)CC1. The number of aliphatic imine (C=N–C) groups is 1. The number of guanidine groups is 1. The molecule has 2 rings (SSSR count). The molecule has 4 nitrogen and oxygen atoms in total. The maximum Gasteiger partial charge on any atom is 0.190 e. The first-order valence-corrected chi connectivity index (χ1v) is 7.98.